The van der Waals surface area contributed by atoms with Gasteiger partial charge in [0.1, 0.15) is 0 Å². The molecular formula is C23H40. The van der Waals surface area contributed by atoms with Gasteiger partial charge in [-0.2, -0.15) is 0 Å². The summed E-state index contributed by atoms with van der Waals surface area (Å²) in [6.07, 6.45) is 17.6. The van der Waals surface area contributed by atoms with Gasteiger partial charge >= 0.3 is 0 Å². The summed E-state index contributed by atoms with van der Waals surface area (Å²) in [6.45, 7) is 17.4. The van der Waals surface area contributed by atoms with Crippen LogP contribution >= 0.6 is 0 Å². The van der Waals surface area contributed by atoms with E-state index in [2.05, 4.69) is 60.3 Å². The van der Waals surface area contributed by atoms with Crippen molar-refractivity contribution in [3.8, 4) is 0 Å². The Hall–Kier alpha value is -1.04. The van der Waals surface area contributed by atoms with E-state index in [1.807, 2.05) is 6.08 Å². The van der Waals surface area contributed by atoms with Gasteiger partial charge in [0.2, 0.25) is 0 Å². The molecule has 0 aromatic carbocycles. The predicted octanol–water partition coefficient (Wildman–Crippen LogP) is 8.18. The van der Waals surface area contributed by atoms with Crippen LogP contribution in [-0.4, -0.2) is 0 Å². The summed E-state index contributed by atoms with van der Waals surface area (Å²) in [7, 11) is 0. The molecule has 0 amide bonds. The standard InChI is InChI=1S/C23H40/c1-8-10-11-12-13-14-15-16-17-21(7)23(18-19(3)4)22(9-2)20(5)6/h9,17-18,20H,2,8,10-16H2,1,3-7H3/b21-17+,23-22-. The highest BCUT2D eigenvalue weighted by Crippen LogP contribution is 2.25. The molecule has 0 aliphatic heterocycles. The Morgan fingerprint density at radius 3 is 1.96 bits per heavy atom. The van der Waals surface area contributed by atoms with E-state index in [1.165, 1.54) is 73.7 Å². The number of unbranched alkanes of at least 4 members (excludes halogenated alkanes) is 7. The lowest BCUT2D eigenvalue weighted by molar-refractivity contribution is 0.592. The minimum Gasteiger partial charge on any atom is -0.0988 e. The predicted molar refractivity (Wildman–Crippen MR) is 108 cm³/mol. The van der Waals surface area contributed by atoms with E-state index in [9.17, 15) is 0 Å². The zero-order valence-corrected chi connectivity index (χ0v) is 16.7. The van der Waals surface area contributed by atoms with Gasteiger partial charge in [-0.1, -0.05) is 89.7 Å². The van der Waals surface area contributed by atoms with Gasteiger partial charge in [-0.3, -0.25) is 0 Å². The molecule has 0 aromatic heterocycles. The molecule has 0 atom stereocenters. The fourth-order valence-corrected chi connectivity index (χ4v) is 2.90. The van der Waals surface area contributed by atoms with Crippen molar-refractivity contribution < 1.29 is 0 Å². The van der Waals surface area contributed by atoms with Gasteiger partial charge in [-0.25, -0.2) is 0 Å². The van der Waals surface area contributed by atoms with Crippen molar-refractivity contribution in [1.29, 1.82) is 0 Å². The third-order valence-electron chi connectivity index (χ3n) is 4.27. The van der Waals surface area contributed by atoms with Crippen LogP contribution in [0.5, 0.6) is 0 Å². The zero-order valence-electron chi connectivity index (χ0n) is 16.7. The molecule has 0 aliphatic carbocycles. The molecule has 0 saturated carbocycles. The number of allylic oxidation sites excluding steroid dienone is 7. The molecule has 0 fully saturated rings. The van der Waals surface area contributed by atoms with Crippen LogP contribution in [0.2, 0.25) is 0 Å². The molecule has 0 radical (unpaired) electrons. The molecule has 0 heteroatoms. The first-order chi connectivity index (χ1) is 10.9. The Morgan fingerprint density at radius 1 is 0.913 bits per heavy atom. The lowest BCUT2D eigenvalue weighted by atomic mass is 9.91. The topological polar surface area (TPSA) is 0 Å². The largest absolute Gasteiger partial charge is 0.0988 e. The molecule has 0 bridgehead atoms. The van der Waals surface area contributed by atoms with Crippen LogP contribution in [0, 0.1) is 5.92 Å². The SMILES string of the molecule is C=C/C(=C(C=C(C)C)/C(C)=C/CCCCCCCCC)C(C)C. The molecule has 0 saturated heterocycles. The molecule has 0 N–H and O–H groups in total. The van der Waals surface area contributed by atoms with Gasteiger partial charge in [0, 0.05) is 0 Å². The monoisotopic (exact) mass is 316 g/mol. The Labute approximate surface area is 146 Å². The van der Waals surface area contributed by atoms with Crippen LogP contribution in [-0.2, 0) is 0 Å². The Bertz CT molecular complexity index is 411. The molecule has 0 unspecified atom stereocenters. The van der Waals surface area contributed by atoms with Crippen molar-refractivity contribution in [2.75, 3.05) is 0 Å². The average Bonchev–Trinajstić information content (AvgIpc) is 2.48. The molecule has 0 spiro atoms. The second kappa shape index (κ2) is 13.4. The van der Waals surface area contributed by atoms with Crippen LogP contribution in [0.1, 0.15) is 92.9 Å². The van der Waals surface area contributed by atoms with Gasteiger partial charge in [0.25, 0.3) is 0 Å². The van der Waals surface area contributed by atoms with Crippen LogP contribution in [0.15, 0.2) is 47.1 Å². The van der Waals surface area contributed by atoms with E-state index in [0.717, 1.165) is 0 Å². The summed E-state index contributed by atoms with van der Waals surface area (Å²) in [5.41, 5.74) is 5.49. The van der Waals surface area contributed by atoms with E-state index in [4.69, 9.17) is 0 Å². The van der Waals surface area contributed by atoms with Gasteiger partial charge in [0.05, 0.1) is 0 Å². The van der Waals surface area contributed by atoms with Crippen molar-refractivity contribution in [3.63, 3.8) is 0 Å². The maximum absolute atomic E-state index is 4.02. The molecular weight excluding hydrogens is 276 g/mol. The van der Waals surface area contributed by atoms with Gasteiger partial charge < -0.3 is 0 Å². The maximum atomic E-state index is 4.02. The van der Waals surface area contributed by atoms with E-state index < -0.39 is 0 Å². The molecule has 0 heterocycles. The normalized spacial score (nSPS) is 13.1. The van der Waals surface area contributed by atoms with Crippen LogP contribution in [0.4, 0.5) is 0 Å². The number of rotatable bonds is 12. The molecule has 23 heavy (non-hydrogen) atoms. The summed E-state index contributed by atoms with van der Waals surface area (Å²) < 4.78 is 0. The van der Waals surface area contributed by atoms with Crippen LogP contribution in [0.3, 0.4) is 0 Å². The van der Waals surface area contributed by atoms with Crippen LogP contribution < -0.4 is 0 Å². The van der Waals surface area contributed by atoms with Gasteiger partial charge in [-0.05, 0) is 56.3 Å². The van der Waals surface area contributed by atoms with Gasteiger partial charge in [-0.15, -0.1) is 0 Å². The highest BCUT2D eigenvalue weighted by atomic mass is 14.1. The first-order valence-electron chi connectivity index (χ1n) is 9.62. The van der Waals surface area contributed by atoms with Crippen molar-refractivity contribution >= 4 is 0 Å². The van der Waals surface area contributed by atoms with E-state index in [-0.39, 0.29) is 0 Å². The lowest BCUT2D eigenvalue weighted by Crippen LogP contribution is -1.98. The van der Waals surface area contributed by atoms with Gasteiger partial charge in [0.15, 0.2) is 0 Å². The fourth-order valence-electron chi connectivity index (χ4n) is 2.90. The summed E-state index contributed by atoms with van der Waals surface area (Å²) in [4.78, 5) is 0. The second-order valence-corrected chi connectivity index (χ2v) is 7.25. The molecule has 0 aromatic rings. The minimum absolute atomic E-state index is 0.514. The van der Waals surface area contributed by atoms with Crippen LogP contribution in [0.25, 0.3) is 0 Å². The molecule has 0 aliphatic rings. The van der Waals surface area contributed by atoms with E-state index in [0.29, 0.717) is 5.92 Å². The summed E-state index contributed by atoms with van der Waals surface area (Å²) in [6, 6.07) is 0. The summed E-state index contributed by atoms with van der Waals surface area (Å²) in [5, 5.41) is 0. The quantitative estimate of drug-likeness (QED) is 0.251. The summed E-state index contributed by atoms with van der Waals surface area (Å²) >= 11 is 0. The summed E-state index contributed by atoms with van der Waals surface area (Å²) in [5.74, 6) is 0.514. The Balaban J connectivity index is 4.63. The second-order valence-electron chi connectivity index (χ2n) is 7.25. The molecule has 132 valence electrons. The Morgan fingerprint density at radius 2 is 1.48 bits per heavy atom. The first-order valence-corrected chi connectivity index (χ1v) is 9.62. The highest BCUT2D eigenvalue weighted by Gasteiger charge is 2.07. The average molecular weight is 317 g/mol. The number of hydrogen-bond donors (Lipinski definition) is 0. The smallest absolute Gasteiger partial charge is 0.0197 e. The lowest BCUT2D eigenvalue weighted by Gasteiger charge is -2.14. The minimum atomic E-state index is 0.514. The van der Waals surface area contributed by atoms with Crippen molar-refractivity contribution in [2.24, 2.45) is 5.92 Å². The fraction of sp³-hybridized carbons (Fsp3) is 0.652. The number of hydrogen-bond acceptors (Lipinski definition) is 0. The van der Waals surface area contributed by atoms with E-state index in [1.54, 1.807) is 0 Å². The van der Waals surface area contributed by atoms with Crippen molar-refractivity contribution in [1.82, 2.24) is 0 Å². The highest BCUT2D eigenvalue weighted by molar-refractivity contribution is 5.47. The third-order valence-corrected chi connectivity index (χ3v) is 4.27. The molecule has 0 rings (SSSR count). The maximum Gasteiger partial charge on any atom is -0.0197 e. The van der Waals surface area contributed by atoms with E-state index >= 15 is 0 Å². The third kappa shape index (κ3) is 10.4. The molecule has 0 nitrogen and oxygen atoms in total. The van der Waals surface area contributed by atoms with Crippen molar-refractivity contribution in [3.05, 3.63) is 47.1 Å². The Kier molecular flexibility index (Phi) is 12.8. The zero-order chi connectivity index (χ0) is 17.7. The van der Waals surface area contributed by atoms with Crippen molar-refractivity contribution in [2.45, 2.75) is 92.9 Å². The first kappa shape index (κ1) is 22.0.